The first-order chi connectivity index (χ1) is 11.1. The fourth-order valence-corrected chi connectivity index (χ4v) is 2.35. The van der Waals surface area contributed by atoms with E-state index in [4.69, 9.17) is 0 Å². The maximum atomic E-state index is 12.1. The van der Waals surface area contributed by atoms with E-state index in [1.54, 1.807) is 12.1 Å². The number of benzene rings is 2. The quantitative estimate of drug-likeness (QED) is 0.861. The number of carbonyl (C=O) groups excluding carboxylic acids is 2. The van der Waals surface area contributed by atoms with Crippen molar-refractivity contribution in [3.8, 4) is 0 Å². The van der Waals surface area contributed by atoms with Crippen LogP contribution in [0.1, 0.15) is 42.2 Å². The monoisotopic (exact) mass is 310 g/mol. The third-order valence-electron chi connectivity index (χ3n) is 3.58. The average molecular weight is 310 g/mol. The third kappa shape index (κ3) is 5.25. The number of hydrogen-bond acceptors (Lipinski definition) is 2. The summed E-state index contributed by atoms with van der Waals surface area (Å²) < 4.78 is 0. The van der Waals surface area contributed by atoms with Crippen LogP contribution in [-0.4, -0.2) is 17.9 Å². The Bertz CT molecular complexity index is 641. The number of rotatable bonds is 6. The molecule has 2 rings (SSSR count). The molecule has 0 aliphatic rings. The molecule has 0 saturated carbocycles. The summed E-state index contributed by atoms with van der Waals surface area (Å²) in [6.07, 6.45) is 0.246. The van der Waals surface area contributed by atoms with Crippen LogP contribution in [0.15, 0.2) is 60.7 Å². The molecule has 0 aliphatic heterocycles. The Hall–Kier alpha value is -2.62. The molecule has 4 nitrogen and oxygen atoms in total. The van der Waals surface area contributed by atoms with Crippen molar-refractivity contribution in [3.05, 3.63) is 71.8 Å². The molecule has 23 heavy (non-hydrogen) atoms. The van der Waals surface area contributed by atoms with Crippen LogP contribution in [0.2, 0.25) is 0 Å². The van der Waals surface area contributed by atoms with Crippen molar-refractivity contribution in [2.75, 3.05) is 0 Å². The molecule has 2 N–H and O–H groups in total. The second-order valence-electron chi connectivity index (χ2n) is 5.64. The van der Waals surface area contributed by atoms with E-state index in [0.717, 1.165) is 5.56 Å². The van der Waals surface area contributed by atoms with E-state index in [1.165, 1.54) is 0 Å². The smallest absolute Gasteiger partial charge is 0.251 e. The zero-order valence-corrected chi connectivity index (χ0v) is 13.5. The van der Waals surface area contributed by atoms with Gasteiger partial charge in [0.1, 0.15) is 0 Å². The minimum absolute atomic E-state index is 0.0549. The summed E-state index contributed by atoms with van der Waals surface area (Å²) >= 11 is 0. The number of nitrogens with one attached hydrogen (secondary N) is 2. The van der Waals surface area contributed by atoms with Gasteiger partial charge in [0.2, 0.25) is 5.91 Å². The Morgan fingerprint density at radius 3 is 2.04 bits per heavy atom. The van der Waals surface area contributed by atoms with Gasteiger partial charge in [-0.3, -0.25) is 9.59 Å². The molecule has 120 valence electrons. The molecule has 0 aliphatic carbocycles. The molecule has 0 saturated heterocycles. The molecule has 0 aromatic heterocycles. The molecule has 0 unspecified atom stereocenters. The van der Waals surface area contributed by atoms with Gasteiger partial charge in [-0.2, -0.15) is 0 Å². The first-order valence-electron chi connectivity index (χ1n) is 7.76. The lowest BCUT2D eigenvalue weighted by atomic mass is 10.1. The highest BCUT2D eigenvalue weighted by atomic mass is 16.2. The van der Waals surface area contributed by atoms with Crippen LogP contribution in [0.3, 0.4) is 0 Å². The second-order valence-corrected chi connectivity index (χ2v) is 5.64. The number of hydrogen-bond donors (Lipinski definition) is 2. The van der Waals surface area contributed by atoms with Gasteiger partial charge in [-0.15, -0.1) is 0 Å². The predicted molar refractivity (Wildman–Crippen MR) is 91.0 cm³/mol. The van der Waals surface area contributed by atoms with Crippen LogP contribution in [0.5, 0.6) is 0 Å². The molecule has 2 amide bonds. The van der Waals surface area contributed by atoms with Crippen LogP contribution < -0.4 is 10.6 Å². The summed E-state index contributed by atoms with van der Waals surface area (Å²) in [5.41, 5.74) is 1.65. The van der Waals surface area contributed by atoms with Crippen molar-refractivity contribution in [1.82, 2.24) is 10.6 Å². The standard InChI is InChI=1S/C19H22N2O2/c1-14(20-19(23)17-11-7-4-8-12-17)13-18(22)21-15(2)16-9-5-3-6-10-16/h3-12,14-15H,13H2,1-2H3,(H,20,23)(H,21,22)/t14-,15-/m1/s1. The molecule has 0 fully saturated rings. The maximum absolute atomic E-state index is 12.1. The van der Waals surface area contributed by atoms with Gasteiger partial charge >= 0.3 is 0 Å². The van der Waals surface area contributed by atoms with E-state index in [1.807, 2.05) is 62.4 Å². The van der Waals surface area contributed by atoms with Gasteiger partial charge in [-0.1, -0.05) is 48.5 Å². The van der Waals surface area contributed by atoms with Crippen LogP contribution in [0.25, 0.3) is 0 Å². The van der Waals surface area contributed by atoms with E-state index in [-0.39, 0.29) is 30.3 Å². The molecule has 0 heterocycles. The fraction of sp³-hybridized carbons (Fsp3) is 0.263. The molecule has 4 heteroatoms. The zero-order chi connectivity index (χ0) is 16.7. The van der Waals surface area contributed by atoms with Crippen LogP contribution in [0, 0.1) is 0 Å². The summed E-state index contributed by atoms with van der Waals surface area (Å²) in [7, 11) is 0. The van der Waals surface area contributed by atoms with Crippen LogP contribution in [-0.2, 0) is 4.79 Å². The fourth-order valence-electron chi connectivity index (χ4n) is 2.35. The molecule has 0 spiro atoms. The minimum atomic E-state index is -0.231. The predicted octanol–water partition coefficient (Wildman–Crippen LogP) is 3.07. The van der Waals surface area contributed by atoms with Gasteiger partial charge in [0.05, 0.1) is 6.04 Å². The molecular formula is C19H22N2O2. The van der Waals surface area contributed by atoms with Gasteiger partial charge in [-0.05, 0) is 31.5 Å². The first-order valence-corrected chi connectivity index (χ1v) is 7.76. The molecule has 2 aromatic carbocycles. The number of amides is 2. The first kappa shape index (κ1) is 16.7. The second kappa shape index (κ2) is 8.13. The summed E-state index contributed by atoms with van der Waals surface area (Å²) in [6, 6.07) is 18.5. The Kier molecular flexibility index (Phi) is 5.92. The lowest BCUT2D eigenvalue weighted by molar-refractivity contribution is -0.122. The zero-order valence-electron chi connectivity index (χ0n) is 13.5. The van der Waals surface area contributed by atoms with Crippen molar-refractivity contribution in [1.29, 1.82) is 0 Å². The Morgan fingerprint density at radius 2 is 1.43 bits per heavy atom. The molecule has 2 aromatic rings. The Morgan fingerprint density at radius 1 is 0.870 bits per heavy atom. The summed E-state index contributed by atoms with van der Waals surface area (Å²) in [5.74, 6) is -0.246. The molecule has 2 atom stereocenters. The van der Waals surface area contributed by atoms with E-state index in [9.17, 15) is 9.59 Å². The molecular weight excluding hydrogens is 288 g/mol. The van der Waals surface area contributed by atoms with Gasteiger partial charge in [0.25, 0.3) is 5.91 Å². The van der Waals surface area contributed by atoms with Crippen molar-refractivity contribution < 1.29 is 9.59 Å². The van der Waals surface area contributed by atoms with Crippen molar-refractivity contribution in [3.63, 3.8) is 0 Å². The van der Waals surface area contributed by atoms with Gasteiger partial charge < -0.3 is 10.6 Å². The largest absolute Gasteiger partial charge is 0.350 e. The van der Waals surface area contributed by atoms with Crippen molar-refractivity contribution in [2.45, 2.75) is 32.4 Å². The van der Waals surface area contributed by atoms with E-state index in [2.05, 4.69) is 10.6 Å². The van der Waals surface area contributed by atoms with E-state index in [0.29, 0.717) is 5.56 Å². The van der Waals surface area contributed by atoms with Crippen LogP contribution in [0.4, 0.5) is 0 Å². The highest BCUT2D eigenvalue weighted by Gasteiger charge is 2.15. The topological polar surface area (TPSA) is 58.2 Å². The van der Waals surface area contributed by atoms with E-state index < -0.39 is 0 Å². The summed E-state index contributed by atoms with van der Waals surface area (Å²) in [6.45, 7) is 3.77. The van der Waals surface area contributed by atoms with Crippen molar-refractivity contribution >= 4 is 11.8 Å². The van der Waals surface area contributed by atoms with Gasteiger partial charge in [-0.25, -0.2) is 0 Å². The SMILES string of the molecule is C[C@H](CC(=O)N[C@H](C)c1ccccc1)NC(=O)c1ccccc1. The highest BCUT2D eigenvalue weighted by Crippen LogP contribution is 2.11. The summed E-state index contributed by atoms with van der Waals surface area (Å²) in [4.78, 5) is 24.1. The van der Waals surface area contributed by atoms with Gasteiger partial charge in [0, 0.05) is 18.0 Å². The third-order valence-corrected chi connectivity index (χ3v) is 3.58. The van der Waals surface area contributed by atoms with Gasteiger partial charge in [0.15, 0.2) is 0 Å². The molecule has 0 bridgehead atoms. The summed E-state index contributed by atoms with van der Waals surface area (Å²) in [5, 5.41) is 5.79. The van der Waals surface area contributed by atoms with E-state index >= 15 is 0 Å². The lowest BCUT2D eigenvalue weighted by Crippen LogP contribution is -2.37. The maximum Gasteiger partial charge on any atom is 0.251 e. The Balaban J connectivity index is 1.82. The van der Waals surface area contributed by atoms with Crippen LogP contribution >= 0.6 is 0 Å². The average Bonchev–Trinajstić information content (AvgIpc) is 2.56. The minimum Gasteiger partial charge on any atom is -0.350 e. The highest BCUT2D eigenvalue weighted by molar-refractivity contribution is 5.94. The molecule has 0 radical (unpaired) electrons. The Labute approximate surface area is 136 Å². The number of carbonyl (C=O) groups is 2. The lowest BCUT2D eigenvalue weighted by Gasteiger charge is -2.17. The van der Waals surface area contributed by atoms with Crippen molar-refractivity contribution in [2.24, 2.45) is 0 Å². The normalized spacial score (nSPS) is 13.0.